The molecule has 26 heavy (non-hydrogen) atoms. The van der Waals surface area contributed by atoms with Crippen molar-refractivity contribution in [2.45, 2.75) is 32.4 Å². The summed E-state index contributed by atoms with van der Waals surface area (Å²) < 4.78 is 5.84. The fourth-order valence-corrected chi connectivity index (χ4v) is 2.78. The summed E-state index contributed by atoms with van der Waals surface area (Å²) in [4.78, 5) is 25.7. The van der Waals surface area contributed by atoms with E-state index in [9.17, 15) is 9.59 Å². The summed E-state index contributed by atoms with van der Waals surface area (Å²) >= 11 is 11.9. The molecule has 6 nitrogen and oxygen atoms in total. The van der Waals surface area contributed by atoms with Gasteiger partial charge in [0.1, 0.15) is 11.9 Å². The first-order chi connectivity index (χ1) is 11.8. The van der Waals surface area contributed by atoms with E-state index in [0.29, 0.717) is 35.3 Å². The number of benzene rings is 1. The second kappa shape index (κ2) is 10.2. The lowest BCUT2D eigenvalue weighted by atomic mass is 10.1. The van der Waals surface area contributed by atoms with Crippen LogP contribution in [0, 0.1) is 5.92 Å². The first-order valence-electron chi connectivity index (χ1n) is 8.20. The standard InChI is InChI=1S/C17H23Cl2N3O3.ClH/c1-10(2)16(20)17(24)21-8-15(23)22-6-5-12(9-22)25-11-3-4-13(18)14(19)7-11;/h3-4,7,10,12,16H,5-6,8-9,20H2,1-2H3,(H,21,24);1H/t12?,16-;/m0./s1. The molecule has 2 rings (SSSR count). The molecule has 0 saturated carbocycles. The molecular formula is C17H24Cl3N3O3. The summed E-state index contributed by atoms with van der Waals surface area (Å²) in [7, 11) is 0. The van der Waals surface area contributed by atoms with Crippen LogP contribution in [0.15, 0.2) is 18.2 Å². The third-order valence-corrected chi connectivity index (χ3v) is 4.87. The number of hydrogen-bond acceptors (Lipinski definition) is 4. The van der Waals surface area contributed by atoms with Gasteiger partial charge in [0, 0.05) is 19.0 Å². The molecule has 1 aromatic rings. The van der Waals surface area contributed by atoms with Gasteiger partial charge in [-0.25, -0.2) is 0 Å². The number of rotatable bonds is 6. The summed E-state index contributed by atoms with van der Waals surface area (Å²) in [5.41, 5.74) is 5.75. The van der Waals surface area contributed by atoms with Crippen molar-refractivity contribution < 1.29 is 14.3 Å². The lowest BCUT2D eigenvalue weighted by molar-refractivity contribution is -0.132. The van der Waals surface area contributed by atoms with Gasteiger partial charge in [0.25, 0.3) is 0 Å². The fraction of sp³-hybridized carbons (Fsp3) is 0.529. The van der Waals surface area contributed by atoms with Gasteiger partial charge in [0.2, 0.25) is 11.8 Å². The molecule has 0 spiro atoms. The third-order valence-electron chi connectivity index (χ3n) is 4.13. The van der Waals surface area contributed by atoms with E-state index >= 15 is 0 Å². The molecule has 1 fully saturated rings. The van der Waals surface area contributed by atoms with E-state index in [-0.39, 0.29) is 42.8 Å². The van der Waals surface area contributed by atoms with Crippen LogP contribution in [-0.4, -0.2) is 48.5 Å². The van der Waals surface area contributed by atoms with Crippen LogP contribution in [-0.2, 0) is 9.59 Å². The number of hydrogen-bond donors (Lipinski definition) is 2. The minimum atomic E-state index is -0.614. The third kappa shape index (κ3) is 6.20. The van der Waals surface area contributed by atoms with Crippen LogP contribution in [0.3, 0.4) is 0 Å². The fourth-order valence-electron chi connectivity index (χ4n) is 2.49. The highest BCUT2D eigenvalue weighted by Gasteiger charge is 2.28. The summed E-state index contributed by atoms with van der Waals surface area (Å²) in [6.45, 7) is 4.70. The van der Waals surface area contributed by atoms with Crippen LogP contribution in [0.4, 0.5) is 0 Å². The van der Waals surface area contributed by atoms with Crippen molar-refractivity contribution in [3.05, 3.63) is 28.2 Å². The van der Waals surface area contributed by atoms with Crippen LogP contribution in [0.5, 0.6) is 5.75 Å². The Kier molecular flexibility index (Phi) is 8.96. The smallest absolute Gasteiger partial charge is 0.242 e. The minimum absolute atomic E-state index is 0. The van der Waals surface area contributed by atoms with Crippen LogP contribution in [0.2, 0.25) is 10.0 Å². The monoisotopic (exact) mass is 423 g/mol. The molecule has 1 aliphatic rings. The van der Waals surface area contributed by atoms with E-state index in [0.717, 1.165) is 0 Å². The highest BCUT2D eigenvalue weighted by Crippen LogP contribution is 2.28. The average molecular weight is 425 g/mol. The maximum Gasteiger partial charge on any atom is 0.242 e. The SMILES string of the molecule is CC(C)[C@H](N)C(=O)NCC(=O)N1CCC(Oc2ccc(Cl)c(Cl)c2)C1.Cl. The summed E-state index contributed by atoms with van der Waals surface area (Å²) in [6, 6.07) is 4.45. The number of ether oxygens (including phenoxy) is 1. The molecule has 1 aliphatic heterocycles. The molecule has 0 radical (unpaired) electrons. The topological polar surface area (TPSA) is 84.7 Å². The highest BCUT2D eigenvalue weighted by molar-refractivity contribution is 6.42. The second-order valence-corrected chi connectivity index (χ2v) is 7.25. The second-order valence-electron chi connectivity index (χ2n) is 6.43. The van der Waals surface area contributed by atoms with Crippen molar-refractivity contribution in [2.24, 2.45) is 11.7 Å². The van der Waals surface area contributed by atoms with Gasteiger partial charge in [-0.05, 0) is 18.1 Å². The van der Waals surface area contributed by atoms with Gasteiger partial charge in [-0.15, -0.1) is 12.4 Å². The average Bonchev–Trinajstić information content (AvgIpc) is 3.03. The van der Waals surface area contributed by atoms with E-state index in [1.165, 1.54) is 0 Å². The Hall–Kier alpha value is -1.21. The lowest BCUT2D eigenvalue weighted by Gasteiger charge is -2.19. The Bertz CT molecular complexity index is 643. The van der Waals surface area contributed by atoms with Gasteiger partial charge in [-0.2, -0.15) is 0 Å². The van der Waals surface area contributed by atoms with Crippen molar-refractivity contribution in [3.8, 4) is 5.75 Å². The van der Waals surface area contributed by atoms with E-state index in [1.807, 2.05) is 13.8 Å². The van der Waals surface area contributed by atoms with E-state index in [4.69, 9.17) is 33.7 Å². The predicted molar refractivity (Wildman–Crippen MR) is 105 cm³/mol. The number of carbonyl (C=O) groups is 2. The molecule has 1 saturated heterocycles. The molecule has 2 amide bonds. The first kappa shape index (κ1) is 22.8. The number of carbonyl (C=O) groups excluding carboxylic acids is 2. The van der Waals surface area contributed by atoms with Crippen molar-refractivity contribution in [2.75, 3.05) is 19.6 Å². The van der Waals surface area contributed by atoms with E-state index in [1.54, 1.807) is 23.1 Å². The normalized spacial score (nSPS) is 17.6. The van der Waals surface area contributed by atoms with Crippen molar-refractivity contribution in [3.63, 3.8) is 0 Å². The molecule has 2 atom stereocenters. The summed E-state index contributed by atoms with van der Waals surface area (Å²) in [6.07, 6.45) is 0.598. The first-order valence-corrected chi connectivity index (χ1v) is 8.96. The van der Waals surface area contributed by atoms with Crippen LogP contribution < -0.4 is 15.8 Å². The highest BCUT2D eigenvalue weighted by atomic mass is 35.5. The number of nitrogens with two attached hydrogens (primary N) is 1. The van der Waals surface area contributed by atoms with Gasteiger partial charge < -0.3 is 20.7 Å². The molecule has 146 valence electrons. The van der Waals surface area contributed by atoms with Crippen molar-refractivity contribution in [1.82, 2.24) is 10.2 Å². The Morgan fingerprint density at radius 1 is 1.35 bits per heavy atom. The van der Waals surface area contributed by atoms with Gasteiger partial charge in [0.15, 0.2) is 0 Å². The van der Waals surface area contributed by atoms with Gasteiger partial charge in [-0.1, -0.05) is 37.0 Å². The molecule has 1 aromatic carbocycles. The quantitative estimate of drug-likeness (QED) is 0.735. The Morgan fingerprint density at radius 3 is 2.65 bits per heavy atom. The Balaban J connectivity index is 0.00000338. The van der Waals surface area contributed by atoms with Crippen LogP contribution >= 0.6 is 35.6 Å². The molecule has 3 N–H and O–H groups in total. The van der Waals surface area contributed by atoms with Crippen molar-refractivity contribution in [1.29, 1.82) is 0 Å². The Morgan fingerprint density at radius 2 is 2.04 bits per heavy atom. The molecule has 0 bridgehead atoms. The zero-order valence-corrected chi connectivity index (χ0v) is 17.0. The van der Waals surface area contributed by atoms with Crippen LogP contribution in [0.1, 0.15) is 20.3 Å². The largest absolute Gasteiger partial charge is 0.488 e. The minimum Gasteiger partial charge on any atom is -0.488 e. The zero-order valence-electron chi connectivity index (χ0n) is 14.7. The maximum atomic E-state index is 12.2. The van der Waals surface area contributed by atoms with E-state index < -0.39 is 6.04 Å². The van der Waals surface area contributed by atoms with Crippen LogP contribution in [0.25, 0.3) is 0 Å². The maximum absolute atomic E-state index is 12.2. The molecule has 1 heterocycles. The van der Waals surface area contributed by atoms with Gasteiger partial charge in [-0.3, -0.25) is 9.59 Å². The zero-order chi connectivity index (χ0) is 18.6. The molecule has 0 aliphatic carbocycles. The number of nitrogens with zero attached hydrogens (tertiary/aromatic N) is 1. The molecule has 9 heteroatoms. The number of amides is 2. The molecular weight excluding hydrogens is 401 g/mol. The number of likely N-dealkylation sites (tertiary alicyclic amines) is 1. The molecule has 1 unspecified atom stereocenters. The van der Waals surface area contributed by atoms with Gasteiger partial charge >= 0.3 is 0 Å². The summed E-state index contributed by atoms with van der Waals surface area (Å²) in [5, 5.41) is 3.48. The number of halogens is 3. The van der Waals surface area contributed by atoms with E-state index in [2.05, 4.69) is 5.32 Å². The van der Waals surface area contributed by atoms with Gasteiger partial charge in [0.05, 0.1) is 29.2 Å². The summed E-state index contributed by atoms with van der Waals surface area (Å²) in [5.74, 6) is 0.173. The predicted octanol–water partition coefficient (Wildman–Crippen LogP) is 2.49. The lowest BCUT2D eigenvalue weighted by Crippen LogP contribution is -2.47. The Labute approximate surface area is 169 Å². The molecule has 0 aromatic heterocycles. The van der Waals surface area contributed by atoms with Crippen molar-refractivity contribution >= 4 is 47.4 Å². The number of nitrogens with one attached hydrogen (secondary N) is 1.